The zero-order chi connectivity index (χ0) is 18.4. The molecule has 0 aromatic rings. The van der Waals surface area contributed by atoms with Crippen molar-refractivity contribution in [1.82, 2.24) is 0 Å². The minimum absolute atomic E-state index is 0.0384. The third-order valence-electron chi connectivity index (χ3n) is 4.21. The summed E-state index contributed by atoms with van der Waals surface area (Å²) in [7, 11) is 0. The van der Waals surface area contributed by atoms with Gasteiger partial charge in [0.1, 0.15) is 0 Å². The molecular weight excluding hydrogens is 299 g/mol. The first kappa shape index (κ1) is 23.7. The molecule has 0 rings (SSSR count). The second kappa shape index (κ2) is 20.8. The lowest BCUT2D eigenvalue weighted by atomic mass is 9.52. The average molecular weight is 338 g/mol. The van der Waals surface area contributed by atoms with E-state index in [1.807, 2.05) is 0 Å². The van der Waals surface area contributed by atoms with Crippen LogP contribution in [0.25, 0.3) is 0 Å². The molecule has 0 aliphatic heterocycles. The Morgan fingerprint density at radius 3 is 1.04 bits per heavy atom. The van der Waals surface area contributed by atoms with Crippen molar-refractivity contribution in [2.24, 2.45) is 0 Å². The first-order chi connectivity index (χ1) is 12.3. The molecule has 0 saturated carbocycles. The first-order valence-corrected chi connectivity index (χ1v) is 10.8. The second-order valence-electron chi connectivity index (χ2n) is 6.83. The molecule has 0 nitrogen and oxygen atoms in total. The van der Waals surface area contributed by atoms with Crippen molar-refractivity contribution in [3.05, 3.63) is 0 Å². The Balaban J connectivity index is 4.33. The van der Waals surface area contributed by atoms with Crippen LogP contribution in [0, 0.1) is 35.2 Å². The molecule has 0 saturated heterocycles. The van der Waals surface area contributed by atoms with Crippen molar-refractivity contribution < 1.29 is 0 Å². The van der Waals surface area contributed by atoms with Crippen LogP contribution in [0.5, 0.6) is 0 Å². The monoisotopic (exact) mass is 338 g/mol. The molecule has 0 heterocycles. The standard InChI is InChI=1S/C24H39B/c1-4-7-10-13-16-19-22-25(23-20-17-14-11-8-5-2)24-21-18-15-12-9-6-3/h4-18H2,1-3H3. The van der Waals surface area contributed by atoms with Gasteiger partial charge in [0.25, 0.3) is 0 Å². The molecule has 138 valence electrons. The van der Waals surface area contributed by atoms with Gasteiger partial charge in [-0.1, -0.05) is 78.6 Å². The van der Waals surface area contributed by atoms with Gasteiger partial charge in [-0.2, -0.15) is 0 Å². The molecule has 0 bridgehead atoms. The third kappa shape index (κ3) is 18.9. The fraction of sp³-hybridized carbons (Fsp3) is 0.750. The lowest BCUT2D eigenvalue weighted by Crippen LogP contribution is -2.04. The van der Waals surface area contributed by atoms with Crippen molar-refractivity contribution in [3.8, 4) is 35.2 Å². The van der Waals surface area contributed by atoms with Gasteiger partial charge < -0.3 is 0 Å². The van der Waals surface area contributed by atoms with Crippen LogP contribution in [-0.2, 0) is 0 Å². The van der Waals surface area contributed by atoms with E-state index in [1.54, 1.807) is 0 Å². The largest absolute Gasteiger partial charge is 0.395 e. The Kier molecular flexibility index (Phi) is 19.7. The van der Waals surface area contributed by atoms with Gasteiger partial charge in [-0.25, -0.2) is 0 Å². The smallest absolute Gasteiger partial charge is 0.121 e. The fourth-order valence-corrected chi connectivity index (χ4v) is 2.55. The summed E-state index contributed by atoms with van der Waals surface area (Å²) < 4.78 is 0. The van der Waals surface area contributed by atoms with E-state index in [9.17, 15) is 0 Å². The van der Waals surface area contributed by atoms with E-state index in [0.717, 1.165) is 19.3 Å². The molecule has 0 aromatic heterocycles. The maximum atomic E-state index is 3.31. The molecule has 25 heavy (non-hydrogen) atoms. The maximum Gasteiger partial charge on any atom is 0.395 e. The lowest BCUT2D eigenvalue weighted by molar-refractivity contribution is 0.679. The highest BCUT2D eigenvalue weighted by Gasteiger charge is 2.01. The predicted octanol–water partition coefficient (Wildman–Crippen LogP) is 7.02. The van der Waals surface area contributed by atoms with E-state index in [1.165, 1.54) is 77.0 Å². The van der Waals surface area contributed by atoms with E-state index in [0.29, 0.717) is 0 Å². The SMILES string of the molecule is CCCCCCC#CB(C#CCCCCCC)C#CCCCCCC. The summed E-state index contributed by atoms with van der Waals surface area (Å²) in [6.07, 6.45) is 18.3. The van der Waals surface area contributed by atoms with Crippen molar-refractivity contribution in [3.63, 3.8) is 0 Å². The molecule has 0 atom stereocenters. The van der Waals surface area contributed by atoms with Crippen molar-refractivity contribution in [2.45, 2.75) is 117 Å². The van der Waals surface area contributed by atoms with Crippen LogP contribution in [0.3, 0.4) is 0 Å². The van der Waals surface area contributed by atoms with Gasteiger partial charge in [0.05, 0.1) is 0 Å². The van der Waals surface area contributed by atoms with Gasteiger partial charge in [-0.3, -0.25) is 0 Å². The van der Waals surface area contributed by atoms with Crippen LogP contribution >= 0.6 is 0 Å². The summed E-state index contributed by atoms with van der Waals surface area (Å²) in [6, 6.07) is 0. The summed E-state index contributed by atoms with van der Waals surface area (Å²) in [5, 5.41) is 0. The highest BCUT2D eigenvalue weighted by Crippen LogP contribution is 2.03. The molecule has 0 N–H and O–H groups in total. The molecular formula is C24H39B. The molecule has 0 amide bonds. The average Bonchev–Trinajstić information content (AvgIpc) is 2.63. The third-order valence-corrected chi connectivity index (χ3v) is 4.21. The molecule has 0 aliphatic carbocycles. The number of hydrogen-bond donors (Lipinski definition) is 0. The van der Waals surface area contributed by atoms with Gasteiger partial charge in [-0.15, -0.1) is 35.2 Å². The van der Waals surface area contributed by atoms with Crippen LogP contribution in [0.1, 0.15) is 117 Å². The van der Waals surface area contributed by atoms with E-state index in [4.69, 9.17) is 0 Å². The Hall–Kier alpha value is -1.26. The van der Waals surface area contributed by atoms with Gasteiger partial charge in [0.2, 0.25) is 0 Å². The van der Waals surface area contributed by atoms with Crippen LogP contribution in [-0.4, -0.2) is 6.71 Å². The minimum atomic E-state index is -0.0384. The van der Waals surface area contributed by atoms with Gasteiger partial charge in [0.15, 0.2) is 0 Å². The molecule has 0 aromatic carbocycles. The normalized spacial score (nSPS) is 9.24. The van der Waals surface area contributed by atoms with Gasteiger partial charge in [0, 0.05) is 19.3 Å². The summed E-state index contributed by atoms with van der Waals surface area (Å²) in [4.78, 5) is 0. The van der Waals surface area contributed by atoms with E-state index in [-0.39, 0.29) is 6.71 Å². The molecule has 0 radical (unpaired) electrons. The molecule has 0 fully saturated rings. The number of unbranched alkanes of at least 4 members (excludes halogenated alkanes) is 12. The minimum Gasteiger partial charge on any atom is -0.121 e. The van der Waals surface area contributed by atoms with Crippen LogP contribution < -0.4 is 0 Å². The highest BCUT2D eigenvalue weighted by atomic mass is 13.9. The van der Waals surface area contributed by atoms with Crippen LogP contribution in [0.2, 0.25) is 0 Å². The fourth-order valence-electron chi connectivity index (χ4n) is 2.55. The Morgan fingerprint density at radius 1 is 0.440 bits per heavy atom. The van der Waals surface area contributed by atoms with Crippen molar-refractivity contribution in [2.75, 3.05) is 0 Å². The summed E-state index contributed by atoms with van der Waals surface area (Å²) >= 11 is 0. The Morgan fingerprint density at radius 2 is 0.760 bits per heavy atom. The molecule has 0 spiro atoms. The van der Waals surface area contributed by atoms with E-state index in [2.05, 4.69) is 56.0 Å². The lowest BCUT2D eigenvalue weighted by Gasteiger charge is -1.94. The van der Waals surface area contributed by atoms with Gasteiger partial charge >= 0.3 is 6.71 Å². The summed E-state index contributed by atoms with van der Waals surface area (Å²) in [5.41, 5.74) is 0. The maximum absolute atomic E-state index is 3.31. The topological polar surface area (TPSA) is 0 Å². The van der Waals surface area contributed by atoms with E-state index < -0.39 is 0 Å². The number of rotatable bonds is 12. The second-order valence-corrected chi connectivity index (χ2v) is 6.83. The first-order valence-electron chi connectivity index (χ1n) is 10.8. The molecule has 0 unspecified atom stereocenters. The predicted molar refractivity (Wildman–Crippen MR) is 115 cm³/mol. The van der Waals surface area contributed by atoms with E-state index >= 15 is 0 Å². The summed E-state index contributed by atoms with van der Waals surface area (Å²) in [6.45, 7) is 6.69. The summed E-state index contributed by atoms with van der Waals surface area (Å²) in [5.74, 6) is 19.8. The van der Waals surface area contributed by atoms with Gasteiger partial charge in [-0.05, 0) is 19.3 Å². The zero-order valence-electron chi connectivity index (χ0n) is 17.2. The number of hydrogen-bond acceptors (Lipinski definition) is 0. The quantitative estimate of drug-likeness (QED) is 0.204. The molecule has 0 aliphatic rings. The van der Waals surface area contributed by atoms with Crippen LogP contribution in [0.15, 0.2) is 0 Å². The Bertz CT molecular complexity index is 386. The highest BCUT2D eigenvalue weighted by molar-refractivity contribution is 6.82. The van der Waals surface area contributed by atoms with Crippen LogP contribution in [0.4, 0.5) is 0 Å². The zero-order valence-corrected chi connectivity index (χ0v) is 17.2. The van der Waals surface area contributed by atoms with Crippen molar-refractivity contribution in [1.29, 1.82) is 0 Å². The van der Waals surface area contributed by atoms with Crippen molar-refractivity contribution >= 4 is 6.71 Å². The Labute approximate surface area is 159 Å². The molecule has 1 heteroatoms.